The first kappa shape index (κ1) is 6.23. The molecule has 0 N–H and O–H groups in total. The Labute approximate surface area is 59.5 Å². The van der Waals surface area contributed by atoms with E-state index >= 15 is 0 Å². The molecular formula is C7H5NS. The van der Waals surface area contributed by atoms with Crippen molar-refractivity contribution in [3.63, 3.8) is 0 Å². The average molecular weight is 135 g/mol. The van der Waals surface area contributed by atoms with Gasteiger partial charge in [0.05, 0.1) is 0 Å². The molecule has 0 aliphatic heterocycles. The predicted octanol–water partition coefficient (Wildman–Crippen LogP) is 1.43. The summed E-state index contributed by atoms with van der Waals surface area (Å²) in [6.45, 7) is 0. The molecule has 2 heteroatoms. The monoisotopic (exact) mass is 135 g/mol. The normalized spacial score (nSPS) is 8.89. The van der Waals surface area contributed by atoms with E-state index in [0.29, 0.717) is 5.56 Å². The molecule has 0 amide bonds. The Balaban J connectivity index is 2.98. The smallest absolute Gasteiger partial charge is 0.137 e. The quantitative estimate of drug-likeness (QED) is 0.534. The lowest BCUT2D eigenvalue weighted by molar-refractivity contribution is 1.60. The van der Waals surface area contributed by atoms with E-state index in [-0.39, 0.29) is 4.99 Å². The maximum absolute atomic E-state index is 8.76. The molecule has 0 unspecified atom stereocenters. The minimum atomic E-state index is -0.0457. The van der Waals surface area contributed by atoms with E-state index < -0.39 is 0 Å². The SMILES string of the molecule is [N]C(=S)c1ccccc1. The van der Waals surface area contributed by atoms with Crippen LogP contribution in [0.1, 0.15) is 5.56 Å². The van der Waals surface area contributed by atoms with Gasteiger partial charge in [0.1, 0.15) is 0 Å². The van der Waals surface area contributed by atoms with Crippen molar-refractivity contribution in [3.05, 3.63) is 35.9 Å². The lowest BCUT2D eigenvalue weighted by Gasteiger charge is -1.89. The topological polar surface area (TPSA) is 22.3 Å². The second-order valence-corrected chi connectivity index (χ2v) is 2.06. The van der Waals surface area contributed by atoms with Crippen LogP contribution >= 0.6 is 12.2 Å². The lowest BCUT2D eigenvalue weighted by Crippen LogP contribution is -1.94. The number of hydrogen-bond donors (Lipinski definition) is 0. The van der Waals surface area contributed by atoms with Gasteiger partial charge in [-0.05, 0) is 0 Å². The zero-order valence-corrected chi connectivity index (χ0v) is 5.56. The standard InChI is InChI=1S/C7H5NS/c8-7(9)6-4-2-1-3-5-6/h1-5H. The van der Waals surface area contributed by atoms with Gasteiger partial charge >= 0.3 is 0 Å². The van der Waals surface area contributed by atoms with Crippen LogP contribution in [0.4, 0.5) is 0 Å². The van der Waals surface area contributed by atoms with Crippen molar-refractivity contribution < 1.29 is 0 Å². The van der Waals surface area contributed by atoms with E-state index in [1.165, 1.54) is 0 Å². The van der Waals surface area contributed by atoms with E-state index in [4.69, 9.17) is 5.73 Å². The van der Waals surface area contributed by atoms with Gasteiger partial charge in [0.15, 0.2) is 4.99 Å². The highest BCUT2D eigenvalue weighted by Crippen LogP contribution is 1.97. The highest BCUT2D eigenvalue weighted by Gasteiger charge is 1.92. The van der Waals surface area contributed by atoms with Gasteiger partial charge in [-0.15, -0.1) is 5.73 Å². The molecule has 0 atom stereocenters. The van der Waals surface area contributed by atoms with Crippen LogP contribution in [0, 0.1) is 0 Å². The Hall–Kier alpha value is -0.890. The van der Waals surface area contributed by atoms with Crippen molar-refractivity contribution >= 4 is 17.2 Å². The Bertz CT molecular complexity index is 205. The predicted molar refractivity (Wildman–Crippen MR) is 40.3 cm³/mol. The maximum atomic E-state index is 8.76. The molecule has 1 aromatic carbocycles. The molecule has 0 bridgehead atoms. The second kappa shape index (κ2) is 2.60. The molecule has 0 spiro atoms. The molecule has 0 heterocycles. The summed E-state index contributed by atoms with van der Waals surface area (Å²) in [6, 6.07) is 9.07. The maximum Gasteiger partial charge on any atom is 0.156 e. The van der Waals surface area contributed by atoms with Crippen LogP contribution in [0.15, 0.2) is 30.3 Å². The van der Waals surface area contributed by atoms with Gasteiger partial charge in [-0.1, -0.05) is 42.5 Å². The summed E-state index contributed by atoms with van der Waals surface area (Å²) in [5.41, 5.74) is 9.46. The van der Waals surface area contributed by atoms with Gasteiger partial charge in [0, 0.05) is 5.56 Å². The summed E-state index contributed by atoms with van der Waals surface area (Å²) in [7, 11) is 0. The minimum Gasteiger partial charge on any atom is -0.137 e. The molecule has 0 fully saturated rings. The fraction of sp³-hybridized carbons (Fsp3) is 0. The molecule has 44 valence electrons. The molecule has 0 aliphatic rings. The molecular weight excluding hydrogens is 130 g/mol. The summed E-state index contributed by atoms with van der Waals surface area (Å²) in [5.74, 6) is 0. The Morgan fingerprint density at radius 2 is 1.78 bits per heavy atom. The lowest BCUT2D eigenvalue weighted by atomic mass is 10.2. The van der Waals surface area contributed by atoms with Crippen LogP contribution < -0.4 is 5.73 Å². The number of thiocarbonyl (C=S) groups is 1. The van der Waals surface area contributed by atoms with Crippen LogP contribution in [0.5, 0.6) is 0 Å². The van der Waals surface area contributed by atoms with Crippen molar-refractivity contribution in [2.75, 3.05) is 0 Å². The van der Waals surface area contributed by atoms with Crippen LogP contribution in [-0.2, 0) is 0 Å². The largest absolute Gasteiger partial charge is 0.156 e. The van der Waals surface area contributed by atoms with Crippen molar-refractivity contribution in [1.29, 1.82) is 0 Å². The highest BCUT2D eigenvalue weighted by atomic mass is 32.1. The molecule has 0 saturated carbocycles. The first-order chi connectivity index (χ1) is 4.30. The Kier molecular flexibility index (Phi) is 1.80. The van der Waals surface area contributed by atoms with Gasteiger partial charge in [-0.2, -0.15) is 0 Å². The molecule has 0 aromatic heterocycles. The molecule has 2 radical (unpaired) electrons. The summed E-state index contributed by atoms with van der Waals surface area (Å²) >= 11 is 4.52. The zero-order valence-electron chi connectivity index (χ0n) is 4.74. The van der Waals surface area contributed by atoms with Gasteiger partial charge in [-0.25, -0.2) is 0 Å². The van der Waals surface area contributed by atoms with E-state index in [2.05, 4.69) is 12.2 Å². The summed E-state index contributed by atoms with van der Waals surface area (Å²) in [6.07, 6.45) is 0. The first-order valence-corrected chi connectivity index (χ1v) is 3.00. The van der Waals surface area contributed by atoms with E-state index in [9.17, 15) is 0 Å². The fourth-order valence-corrected chi connectivity index (χ4v) is 0.717. The van der Waals surface area contributed by atoms with Crippen molar-refractivity contribution in [1.82, 2.24) is 5.73 Å². The second-order valence-electron chi connectivity index (χ2n) is 1.67. The van der Waals surface area contributed by atoms with Crippen LogP contribution in [0.3, 0.4) is 0 Å². The zero-order chi connectivity index (χ0) is 6.69. The Morgan fingerprint density at radius 3 is 2.11 bits per heavy atom. The third-order valence-corrected chi connectivity index (χ3v) is 1.26. The number of nitrogens with zero attached hydrogens (tertiary/aromatic N) is 1. The van der Waals surface area contributed by atoms with Crippen LogP contribution in [-0.4, -0.2) is 4.99 Å². The van der Waals surface area contributed by atoms with Crippen molar-refractivity contribution in [2.24, 2.45) is 0 Å². The van der Waals surface area contributed by atoms with Gasteiger partial charge in [0.2, 0.25) is 0 Å². The van der Waals surface area contributed by atoms with Crippen molar-refractivity contribution in [3.8, 4) is 0 Å². The van der Waals surface area contributed by atoms with Crippen LogP contribution in [0.2, 0.25) is 0 Å². The van der Waals surface area contributed by atoms with Gasteiger partial charge < -0.3 is 0 Å². The molecule has 9 heavy (non-hydrogen) atoms. The number of hydrogen-bond acceptors (Lipinski definition) is 1. The van der Waals surface area contributed by atoms with Gasteiger partial charge in [0.25, 0.3) is 0 Å². The van der Waals surface area contributed by atoms with E-state index in [0.717, 1.165) is 0 Å². The molecule has 0 aliphatic carbocycles. The van der Waals surface area contributed by atoms with E-state index in [1.807, 2.05) is 18.2 Å². The fourth-order valence-electron chi connectivity index (χ4n) is 0.581. The average Bonchev–Trinajstić information content (AvgIpc) is 1.90. The molecule has 0 saturated heterocycles. The molecule has 1 aromatic rings. The number of benzene rings is 1. The van der Waals surface area contributed by atoms with Crippen LogP contribution in [0.25, 0.3) is 0 Å². The first-order valence-electron chi connectivity index (χ1n) is 2.59. The number of rotatable bonds is 1. The molecule has 1 rings (SSSR count). The van der Waals surface area contributed by atoms with E-state index in [1.54, 1.807) is 12.1 Å². The molecule has 1 nitrogen and oxygen atoms in total. The Morgan fingerprint density at radius 1 is 1.22 bits per heavy atom. The summed E-state index contributed by atoms with van der Waals surface area (Å²) < 4.78 is 0. The highest BCUT2D eigenvalue weighted by molar-refractivity contribution is 7.80. The minimum absolute atomic E-state index is 0.0457. The summed E-state index contributed by atoms with van der Waals surface area (Å²) in [5, 5.41) is 0. The van der Waals surface area contributed by atoms with Gasteiger partial charge in [-0.3, -0.25) is 0 Å². The van der Waals surface area contributed by atoms with Crippen molar-refractivity contribution in [2.45, 2.75) is 0 Å². The summed E-state index contributed by atoms with van der Waals surface area (Å²) in [4.78, 5) is -0.0457. The third-order valence-electron chi connectivity index (χ3n) is 1.02. The third kappa shape index (κ3) is 1.50.